The number of halogens is 1. The fourth-order valence-corrected chi connectivity index (χ4v) is 4.19. The molecule has 2 aliphatic rings. The van der Waals surface area contributed by atoms with Crippen LogP contribution in [0.5, 0.6) is 0 Å². The van der Waals surface area contributed by atoms with Crippen molar-refractivity contribution >= 4 is 28.8 Å². The van der Waals surface area contributed by atoms with Crippen LogP contribution in [-0.2, 0) is 0 Å². The Morgan fingerprint density at radius 3 is 2.59 bits per heavy atom. The van der Waals surface area contributed by atoms with E-state index < -0.39 is 0 Å². The van der Waals surface area contributed by atoms with E-state index in [1.165, 1.54) is 11.3 Å². The SMILES string of the molecule is NC1CC2CCC(C1)N2C(=O)c1sccc1Cl. The first kappa shape index (κ1) is 11.5. The van der Waals surface area contributed by atoms with Gasteiger partial charge < -0.3 is 10.6 Å². The number of hydrogen-bond donors (Lipinski definition) is 1. The van der Waals surface area contributed by atoms with E-state index in [2.05, 4.69) is 0 Å². The summed E-state index contributed by atoms with van der Waals surface area (Å²) in [5.41, 5.74) is 6.01. The summed E-state index contributed by atoms with van der Waals surface area (Å²) in [4.78, 5) is 15.2. The highest BCUT2D eigenvalue weighted by Gasteiger charge is 2.43. The Balaban J connectivity index is 1.86. The van der Waals surface area contributed by atoms with Crippen molar-refractivity contribution in [3.63, 3.8) is 0 Å². The Bertz CT molecular complexity index is 433. The molecule has 0 saturated carbocycles. The van der Waals surface area contributed by atoms with Crippen LogP contribution < -0.4 is 5.73 Å². The number of fused-ring (bicyclic) bond motifs is 2. The van der Waals surface area contributed by atoms with Crippen LogP contribution >= 0.6 is 22.9 Å². The first-order chi connectivity index (χ1) is 8.16. The van der Waals surface area contributed by atoms with Crippen molar-refractivity contribution in [1.29, 1.82) is 0 Å². The lowest BCUT2D eigenvalue weighted by molar-refractivity contribution is 0.0580. The smallest absolute Gasteiger partial charge is 0.265 e. The second-order valence-electron chi connectivity index (χ2n) is 4.93. The third-order valence-electron chi connectivity index (χ3n) is 3.82. The van der Waals surface area contributed by atoms with E-state index in [0.717, 1.165) is 25.7 Å². The van der Waals surface area contributed by atoms with Crippen molar-refractivity contribution in [2.75, 3.05) is 0 Å². The van der Waals surface area contributed by atoms with Gasteiger partial charge in [-0.3, -0.25) is 4.79 Å². The molecule has 1 amide bonds. The summed E-state index contributed by atoms with van der Waals surface area (Å²) in [5.74, 6) is 0.101. The summed E-state index contributed by atoms with van der Waals surface area (Å²) in [6.45, 7) is 0. The fraction of sp³-hybridized carbons (Fsp3) is 0.583. The van der Waals surface area contributed by atoms with E-state index in [1.807, 2.05) is 10.3 Å². The molecular formula is C12H15ClN2OS. The quantitative estimate of drug-likeness (QED) is 0.852. The van der Waals surface area contributed by atoms with Gasteiger partial charge >= 0.3 is 0 Å². The standard InChI is InChI=1S/C12H15ClN2OS/c13-10-3-4-17-11(10)12(16)15-8-1-2-9(15)6-7(14)5-8/h3-4,7-9H,1-2,5-6,14H2. The van der Waals surface area contributed by atoms with Crippen LogP contribution in [0, 0.1) is 0 Å². The Morgan fingerprint density at radius 1 is 1.41 bits per heavy atom. The average Bonchev–Trinajstić information content (AvgIpc) is 2.81. The number of rotatable bonds is 1. The van der Waals surface area contributed by atoms with Gasteiger partial charge in [-0.1, -0.05) is 11.6 Å². The molecule has 17 heavy (non-hydrogen) atoms. The Morgan fingerprint density at radius 2 is 2.06 bits per heavy atom. The van der Waals surface area contributed by atoms with Crippen molar-refractivity contribution in [2.45, 2.75) is 43.8 Å². The Kier molecular flexibility index (Phi) is 2.89. The van der Waals surface area contributed by atoms with Crippen LogP contribution in [0.4, 0.5) is 0 Å². The number of nitrogens with two attached hydrogens (primary N) is 1. The summed E-state index contributed by atoms with van der Waals surface area (Å²) in [7, 11) is 0. The summed E-state index contributed by atoms with van der Waals surface area (Å²) < 4.78 is 0. The maximum atomic E-state index is 12.5. The number of carbonyl (C=O) groups is 1. The molecule has 0 aliphatic carbocycles. The number of carbonyl (C=O) groups excluding carboxylic acids is 1. The minimum atomic E-state index is 0.101. The minimum Gasteiger partial charge on any atom is -0.332 e. The van der Waals surface area contributed by atoms with Crippen molar-refractivity contribution in [3.8, 4) is 0 Å². The van der Waals surface area contributed by atoms with Crippen LogP contribution in [0.25, 0.3) is 0 Å². The lowest BCUT2D eigenvalue weighted by atomic mass is 9.98. The molecule has 3 rings (SSSR count). The van der Waals surface area contributed by atoms with E-state index in [-0.39, 0.29) is 11.9 Å². The molecule has 2 bridgehead atoms. The molecule has 2 fully saturated rings. The van der Waals surface area contributed by atoms with Crippen LogP contribution in [0.1, 0.15) is 35.4 Å². The van der Waals surface area contributed by atoms with Gasteiger partial charge in [0.05, 0.1) is 5.02 Å². The molecule has 0 aromatic carbocycles. The van der Waals surface area contributed by atoms with Gasteiger partial charge in [-0.05, 0) is 37.1 Å². The summed E-state index contributed by atoms with van der Waals surface area (Å²) in [5, 5.41) is 2.45. The second-order valence-corrected chi connectivity index (χ2v) is 6.25. The van der Waals surface area contributed by atoms with E-state index in [0.29, 0.717) is 22.0 Å². The molecule has 3 nitrogen and oxygen atoms in total. The van der Waals surface area contributed by atoms with Crippen molar-refractivity contribution in [3.05, 3.63) is 21.3 Å². The molecule has 5 heteroatoms. The highest BCUT2D eigenvalue weighted by Crippen LogP contribution is 2.37. The van der Waals surface area contributed by atoms with Crippen LogP contribution in [0.15, 0.2) is 11.4 Å². The third-order valence-corrected chi connectivity index (χ3v) is 5.14. The van der Waals surface area contributed by atoms with Crippen LogP contribution in [0.3, 0.4) is 0 Å². The van der Waals surface area contributed by atoms with Gasteiger partial charge in [0.15, 0.2) is 0 Å². The predicted octanol–water partition coefficient (Wildman–Crippen LogP) is 2.50. The molecule has 2 N–H and O–H groups in total. The number of hydrogen-bond acceptors (Lipinski definition) is 3. The molecule has 2 unspecified atom stereocenters. The summed E-state index contributed by atoms with van der Waals surface area (Å²) >= 11 is 7.47. The zero-order valence-electron chi connectivity index (χ0n) is 9.43. The van der Waals surface area contributed by atoms with Gasteiger partial charge in [-0.15, -0.1) is 11.3 Å². The van der Waals surface area contributed by atoms with E-state index >= 15 is 0 Å². The molecule has 0 radical (unpaired) electrons. The molecule has 92 valence electrons. The van der Waals surface area contributed by atoms with Crippen molar-refractivity contribution < 1.29 is 4.79 Å². The molecular weight excluding hydrogens is 256 g/mol. The third kappa shape index (κ3) is 1.88. The normalized spacial score (nSPS) is 31.9. The predicted molar refractivity (Wildman–Crippen MR) is 69.5 cm³/mol. The maximum absolute atomic E-state index is 12.5. The monoisotopic (exact) mass is 270 g/mol. The lowest BCUT2D eigenvalue weighted by Crippen LogP contribution is -2.50. The molecule has 2 saturated heterocycles. The number of nitrogens with zero attached hydrogens (tertiary/aromatic N) is 1. The summed E-state index contributed by atoms with van der Waals surface area (Å²) in [6.07, 6.45) is 4.05. The summed E-state index contributed by atoms with van der Waals surface area (Å²) in [6, 6.07) is 2.70. The van der Waals surface area contributed by atoms with Gasteiger partial charge in [-0.25, -0.2) is 0 Å². The zero-order chi connectivity index (χ0) is 12.0. The fourth-order valence-electron chi connectivity index (χ4n) is 3.11. The number of amides is 1. The minimum absolute atomic E-state index is 0.101. The highest BCUT2D eigenvalue weighted by atomic mass is 35.5. The Labute approximate surface area is 110 Å². The number of piperidine rings is 1. The lowest BCUT2D eigenvalue weighted by Gasteiger charge is -2.37. The van der Waals surface area contributed by atoms with Crippen molar-refractivity contribution in [1.82, 2.24) is 4.90 Å². The second kappa shape index (κ2) is 4.26. The van der Waals surface area contributed by atoms with Crippen molar-refractivity contribution in [2.24, 2.45) is 5.73 Å². The van der Waals surface area contributed by atoms with Gasteiger partial charge in [0.25, 0.3) is 5.91 Å². The first-order valence-corrected chi connectivity index (χ1v) is 7.24. The largest absolute Gasteiger partial charge is 0.332 e. The molecule has 0 spiro atoms. The molecule has 2 aliphatic heterocycles. The van der Waals surface area contributed by atoms with Gasteiger partial charge in [0.2, 0.25) is 0 Å². The molecule has 2 atom stereocenters. The zero-order valence-corrected chi connectivity index (χ0v) is 11.0. The van der Waals surface area contributed by atoms with Crippen LogP contribution in [0.2, 0.25) is 5.02 Å². The molecule has 1 aromatic rings. The van der Waals surface area contributed by atoms with Gasteiger partial charge in [-0.2, -0.15) is 0 Å². The molecule has 1 aromatic heterocycles. The van der Waals surface area contributed by atoms with E-state index in [4.69, 9.17) is 17.3 Å². The topological polar surface area (TPSA) is 46.3 Å². The van der Waals surface area contributed by atoms with Gasteiger partial charge in [0, 0.05) is 18.1 Å². The number of thiophene rings is 1. The van der Waals surface area contributed by atoms with Gasteiger partial charge in [0.1, 0.15) is 4.88 Å². The maximum Gasteiger partial charge on any atom is 0.265 e. The van der Waals surface area contributed by atoms with E-state index in [9.17, 15) is 4.79 Å². The Hall–Kier alpha value is -0.580. The van der Waals surface area contributed by atoms with E-state index in [1.54, 1.807) is 6.07 Å². The molecule has 3 heterocycles. The first-order valence-electron chi connectivity index (χ1n) is 5.98. The highest BCUT2D eigenvalue weighted by molar-refractivity contribution is 7.12. The average molecular weight is 271 g/mol. The van der Waals surface area contributed by atoms with Crippen LogP contribution in [-0.4, -0.2) is 28.9 Å².